The van der Waals surface area contributed by atoms with E-state index in [2.05, 4.69) is 21.5 Å². The highest BCUT2D eigenvalue weighted by molar-refractivity contribution is 7.98. The van der Waals surface area contributed by atoms with Crippen molar-refractivity contribution in [1.29, 1.82) is 0 Å². The second-order valence-corrected chi connectivity index (χ2v) is 5.67. The Morgan fingerprint density at radius 2 is 2.05 bits per heavy atom. The summed E-state index contributed by atoms with van der Waals surface area (Å²) in [6.07, 6.45) is 0. The molecule has 0 fully saturated rings. The van der Waals surface area contributed by atoms with Gasteiger partial charge in [0.2, 0.25) is 0 Å². The third kappa shape index (κ3) is 2.86. The number of nitrogens with one attached hydrogen (secondary N) is 1. The zero-order chi connectivity index (χ0) is 14.8. The van der Waals surface area contributed by atoms with Gasteiger partial charge in [-0.1, -0.05) is 30.0 Å². The van der Waals surface area contributed by atoms with Crippen LogP contribution >= 0.6 is 11.8 Å². The predicted octanol–water partition coefficient (Wildman–Crippen LogP) is 3.42. The van der Waals surface area contributed by atoms with E-state index in [4.69, 9.17) is 10.3 Å². The Morgan fingerprint density at radius 1 is 1.24 bits per heavy atom. The highest BCUT2D eigenvalue weighted by Gasteiger charge is 2.10. The minimum absolute atomic E-state index is 0.668. The van der Waals surface area contributed by atoms with Gasteiger partial charge in [-0.3, -0.25) is 0 Å². The van der Waals surface area contributed by atoms with E-state index in [0.717, 1.165) is 27.9 Å². The van der Waals surface area contributed by atoms with E-state index in [1.54, 1.807) is 0 Å². The highest BCUT2D eigenvalue weighted by atomic mass is 32.2. The Bertz CT molecular complexity index is 765. The number of para-hydroxylation sites is 1. The number of nitrogens with zero attached hydrogens (tertiary/aromatic N) is 2. The maximum absolute atomic E-state index is 5.58. The highest BCUT2D eigenvalue weighted by Crippen LogP contribution is 2.28. The van der Waals surface area contributed by atoms with Gasteiger partial charge in [-0.25, -0.2) is 15.8 Å². The van der Waals surface area contributed by atoms with Crippen LogP contribution in [0.4, 0.5) is 5.82 Å². The summed E-state index contributed by atoms with van der Waals surface area (Å²) in [4.78, 5) is 8.90. The molecule has 1 aromatic carbocycles. The molecule has 108 valence electrons. The number of hydrazine groups is 1. The molecule has 3 rings (SSSR count). The van der Waals surface area contributed by atoms with Crippen LogP contribution in [-0.4, -0.2) is 9.97 Å². The fourth-order valence-electron chi connectivity index (χ4n) is 2.04. The molecule has 2 aromatic heterocycles. The van der Waals surface area contributed by atoms with Crippen LogP contribution in [0.3, 0.4) is 0 Å². The van der Waals surface area contributed by atoms with Crippen molar-refractivity contribution in [2.75, 3.05) is 5.43 Å². The van der Waals surface area contributed by atoms with E-state index in [1.165, 1.54) is 11.8 Å². The van der Waals surface area contributed by atoms with Crippen LogP contribution in [0.25, 0.3) is 10.9 Å². The number of fused-ring (bicyclic) bond motifs is 1. The van der Waals surface area contributed by atoms with Gasteiger partial charge in [0, 0.05) is 16.7 Å². The fourth-order valence-corrected chi connectivity index (χ4v) is 2.92. The molecular formula is C15H16N4OS. The number of thioether (sulfide) groups is 1. The Morgan fingerprint density at radius 3 is 2.76 bits per heavy atom. The summed E-state index contributed by atoms with van der Waals surface area (Å²) >= 11 is 1.53. The Balaban J connectivity index is 1.88. The van der Waals surface area contributed by atoms with E-state index in [9.17, 15) is 0 Å². The topological polar surface area (TPSA) is 77.0 Å². The van der Waals surface area contributed by atoms with E-state index >= 15 is 0 Å². The van der Waals surface area contributed by atoms with Crippen molar-refractivity contribution in [3.05, 3.63) is 47.3 Å². The van der Waals surface area contributed by atoms with Crippen LogP contribution in [0.15, 0.2) is 40.0 Å². The maximum Gasteiger partial charge on any atom is 0.256 e. The maximum atomic E-state index is 5.58. The van der Waals surface area contributed by atoms with Crippen molar-refractivity contribution in [2.24, 2.45) is 5.84 Å². The first-order valence-electron chi connectivity index (χ1n) is 6.59. The van der Waals surface area contributed by atoms with Gasteiger partial charge in [0.05, 0.1) is 11.2 Å². The molecule has 0 aliphatic rings. The lowest BCUT2D eigenvalue weighted by molar-refractivity contribution is 0.431. The number of anilines is 1. The van der Waals surface area contributed by atoms with Gasteiger partial charge in [0.25, 0.3) is 5.22 Å². The molecule has 0 atom stereocenters. The van der Waals surface area contributed by atoms with Crippen molar-refractivity contribution >= 4 is 28.5 Å². The Labute approximate surface area is 126 Å². The molecule has 2 heterocycles. The van der Waals surface area contributed by atoms with Gasteiger partial charge in [0.1, 0.15) is 11.6 Å². The van der Waals surface area contributed by atoms with Crippen LogP contribution in [-0.2, 0) is 5.75 Å². The van der Waals surface area contributed by atoms with Gasteiger partial charge in [-0.2, -0.15) is 0 Å². The third-order valence-electron chi connectivity index (χ3n) is 3.30. The molecule has 0 saturated heterocycles. The van der Waals surface area contributed by atoms with Gasteiger partial charge < -0.3 is 9.84 Å². The van der Waals surface area contributed by atoms with Crippen molar-refractivity contribution in [3.63, 3.8) is 0 Å². The summed E-state index contributed by atoms with van der Waals surface area (Å²) in [5.41, 5.74) is 5.53. The minimum Gasteiger partial charge on any atom is -0.437 e. The van der Waals surface area contributed by atoms with Gasteiger partial charge in [-0.05, 0) is 26.0 Å². The quantitative estimate of drug-likeness (QED) is 0.437. The van der Waals surface area contributed by atoms with Crippen molar-refractivity contribution in [3.8, 4) is 0 Å². The Kier molecular flexibility index (Phi) is 3.81. The second-order valence-electron chi connectivity index (χ2n) is 4.74. The predicted molar refractivity (Wildman–Crippen MR) is 85.1 cm³/mol. The molecular weight excluding hydrogens is 284 g/mol. The Hall–Kier alpha value is -2.05. The van der Waals surface area contributed by atoms with Crippen LogP contribution in [0.2, 0.25) is 0 Å². The summed E-state index contributed by atoms with van der Waals surface area (Å²) in [5.74, 6) is 7.80. The number of nitrogens with two attached hydrogens (primary N) is 1. The molecule has 0 amide bonds. The molecule has 0 aliphatic carbocycles. The van der Waals surface area contributed by atoms with Crippen LogP contribution in [0.1, 0.15) is 17.0 Å². The monoisotopic (exact) mass is 300 g/mol. The molecule has 0 spiro atoms. The number of nitrogen functional groups attached to an aromatic ring is 1. The van der Waals surface area contributed by atoms with E-state index in [1.807, 2.05) is 38.1 Å². The molecule has 21 heavy (non-hydrogen) atoms. The van der Waals surface area contributed by atoms with Crippen molar-refractivity contribution in [2.45, 2.75) is 24.8 Å². The smallest absolute Gasteiger partial charge is 0.256 e. The average molecular weight is 300 g/mol. The number of benzene rings is 1. The average Bonchev–Trinajstić information content (AvgIpc) is 2.82. The number of oxazole rings is 1. The standard InChI is InChI=1S/C15H16N4OS/c1-9-10(2)20-15(17-9)21-8-12-7-11-5-3-4-6-13(11)18-14(12)19-16/h3-7H,8,16H2,1-2H3,(H,18,19). The number of rotatable bonds is 4. The molecule has 0 unspecified atom stereocenters. The molecule has 3 N–H and O–H groups in total. The zero-order valence-electron chi connectivity index (χ0n) is 11.9. The van der Waals surface area contributed by atoms with E-state index in [-0.39, 0.29) is 0 Å². The minimum atomic E-state index is 0.668. The molecule has 0 aliphatic heterocycles. The summed E-state index contributed by atoms with van der Waals surface area (Å²) in [6.45, 7) is 3.85. The van der Waals surface area contributed by atoms with Crippen LogP contribution < -0.4 is 11.3 Å². The first-order valence-corrected chi connectivity index (χ1v) is 7.58. The number of hydrogen-bond acceptors (Lipinski definition) is 6. The molecule has 0 radical (unpaired) electrons. The second kappa shape index (κ2) is 5.75. The molecule has 0 bridgehead atoms. The summed E-state index contributed by atoms with van der Waals surface area (Å²) in [7, 11) is 0. The van der Waals surface area contributed by atoms with E-state index in [0.29, 0.717) is 16.8 Å². The van der Waals surface area contributed by atoms with Crippen molar-refractivity contribution < 1.29 is 4.42 Å². The van der Waals surface area contributed by atoms with Crippen molar-refractivity contribution in [1.82, 2.24) is 9.97 Å². The van der Waals surface area contributed by atoms with Gasteiger partial charge in [-0.15, -0.1) is 0 Å². The first-order chi connectivity index (χ1) is 10.2. The third-order valence-corrected chi connectivity index (χ3v) is 4.18. The SMILES string of the molecule is Cc1nc(SCc2cc3ccccc3nc2NN)oc1C. The largest absolute Gasteiger partial charge is 0.437 e. The summed E-state index contributed by atoms with van der Waals surface area (Å²) in [6, 6.07) is 10.1. The molecule has 5 nitrogen and oxygen atoms in total. The fraction of sp³-hybridized carbons (Fsp3) is 0.200. The molecule has 0 saturated carbocycles. The first kappa shape index (κ1) is 13.9. The number of aromatic nitrogens is 2. The normalized spacial score (nSPS) is 11.0. The van der Waals surface area contributed by atoms with Crippen LogP contribution in [0.5, 0.6) is 0 Å². The number of hydrogen-bond donors (Lipinski definition) is 2. The number of pyridine rings is 1. The zero-order valence-corrected chi connectivity index (χ0v) is 12.7. The molecule has 6 heteroatoms. The lowest BCUT2D eigenvalue weighted by atomic mass is 10.1. The van der Waals surface area contributed by atoms with Gasteiger partial charge in [0.15, 0.2) is 0 Å². The van der Waals surface area contributed by atoms with Crippen LogP contribution in [0, 0.1) is 13.8 Å². The molecule has 3 aromatic rings. The number of aryl methyl sites for hydroxylation is 2. The van der Waals surface area contributed by atoms with Gasteiger partial charge >= 0.3 is 0 Å². The summed E-state index contributed by atoms with van der Waals surface area (Å²) in [5, 5.41) is 1.76. The summed E-state index contributed by atoms with van der Waals surface area (Å²) < 4.78 is 5.58. The lowest BCUT2D eigenvalue weighted by Crippen LogP contribution is -2.11. The lowest BCUT2D eigenvalue weighted by Gasteiger charge is -2.08. The van der Waals surface area contributed by atoms with E-state index < -0.39 is 0 Å².